The SMILES string of the molecule is COCOCC1(C(=O)O)CC1/C=C/c1ccc2c(ccn2C(=O)OC(C)(C)C)c1. The summed E-state index contributed by atoms with van der Waals surface area (Å²) in [4.78, 5) is 24.0. The summed E-state index contributed by atoms with van der Waals surface area (Å²) >= 11 is 0. The average molecular weight is 401 g/mol. The van der Waals surface area contributed by atoms with Crippen LogP contribution in [0.15, 0.2) is 36.5 Å². The van der Waals surface area contributed by atoms with Crippen LogP contribution in [-0.2, 0) is 19.0 Å². The lowest BCUT2D eigenvalue weighted by atomic mass is 10.0. The van der Waals surface area contributed by atoms with E-state index in [-0.39, 0.29) is 19.3 Å². The first-order valence-electron chi connectivity index (χ1n) is 9.49. The number of carboxylic acids is 1. The molecule has 29 heavy (non-hydrogen) atoms. The van der Waals surface area contributed by atoms with Gasteiger partial charge in [0, 0.05) is 18.7 Å². The number of hydrogen-bond donors (Lipinski definition) is 1. The molecule has 2 aromatic rings. The summed E-state index contributed by atoms with van der Waals surface area (Å²) in [7, 11) is 1.50. The van der Waals surface area contributed by atoms with Gasteiger partial charge in [0.2, 0.25) is 0 Å². The minimum absolute atomic E-state index is 0.0801. The number of hydrogen-bond acceptors (Lipinski definition) is 5. The maximum Gasteiger partial charge on any atom is 0.418 e. The van der Waals surface area contributed by atoms with E-state index >= 15 is 0 Å². The van der Waals surface area contributed by atoms with Crippen LogP contribution in [-0.4, -0.2) is 47.8 Å². The second-order valence-corrected chi connectivity index (χ2v) is 8.37. The first-order valence-corrected chi connectivity index (χ1v) is 9.49. The molecule has 1 aliphatic rings. The van der Waals surface area contributed by atoms with Crippen molar-refractivity contribution in [3.63, 3.8) is 0 Å². The fraction of sp³-hybridized carbons (Fsp3) is 0.455. The molecule has 0 aliphatic heterocycles. The van der Waals surface area contributed by atoms with Crippen LogP contribution in [0.4, 0.5) is 4.79 Å². The Balaban J connectivity index is 1.72. The summed E-state index contributed by atoms with van der Waals surface area (Å²) in [6, 6.07) is 7.57. The van der Waals surface area contributed by atoms with Crippen molar-refractivity contribution in [3.8, 4) is 0 Å². The van der Waals surface area contributed by atoms with Gasteiger partial charge in [-0.2, -0.15) is 0 Å². The zero-order chi connectivity index (χ0) is 21.2. The number of nitrogens with zero attached hydrogens (tertiary/aromatic N) is 1. The first kappa shape index (κ1) is 21.1. The van der Waals surface area contributed by atoms with Crippen molar-refractivity contribution in [2.75, 3.05) is 20.5 Å². The molecule has 156 valence electrons. The minimum Gasteiger partial charge on any atom is -0.481 e. The summed E-state index contributed by atoms with van der Waals surface area (Å²) in [5, 5.41) is 10.5. The summed E-state index contributed by atoms with van der Waals surface area (Å²) in [5.41, 5.74) is 0.253. The van der Waals surface area contributed by atoms with Crippen molar-refractivity contribution in [1.29, 1.82) is 0 Å². The third-order valence-electron chi connectivity index (χ3n) is 4.95. The highest BCUT2D eigenvalue weighted by Gasteiger charge is 2.59. The van der Waals surface area contributed by atoms with Crippen LogP contribution in [0.25, 0.3) is 17.0 Å². The summed E-state index contributed by atoms with van der Waals surface area (Å²) in [6.45, 7) is 5.69. The third kappa shape index (κ3) is 4.68. The predicted octanol–water partition coefficient (Wildman–Crippen LogP) is 4.15. The molecule has 1 N–H and O–H groups in total. The number of aromatic nitrogens is 1. The molecule has 0 radical (unpaired) electrons. The van der Waals surface area contributed by atoms with Gasteiger partial charge in [-0.25, -0.2) is 4.79 Å². The molecule has 1 aliphatic carbocycles. The minimum atomic E-state index is -0.876. The molecule has 2 unspecified atom stereocenters. The van der Waals surface area contributed by atoms with Crippen LogP contribution < -0.4 is 0 Å². The lowest BCUT2D eigenvalue weighted by Crippen LogP contribution is -2.26. The van der Waals surface area contributed by atoms with Gasteiger partial charge in [-0.1, -0.05) is 18.2 Å². The van der Waals surface area contributed by atoms with E-state index in [4.69, 9.17) is 14.2 Å². The predicted molar refractivity (Wildman–Crippen MR) is 109 cm³/mol. The molecule has 1 aromatic heterocycles. The smallest absolute Gasteiger partial charge is 0.418 e. The zero-order valence-electron chi connectivity index (χ0n) is 17.2. The van der Waals surface area contributed by atoms with Gasteiger partial charge in [-0.3, -0.25) is 9.36 Å². The van der Waals surface area contributed by atoms with E-state index in [9.17, 15) is 14.7 Å². The lowest BCUT2D eigenvalue weighted by Gasteiger charge is -2.19. The number of carboxylic acid groups (broad SMARTS) is 1. The number of carbonyl (C=O) groups is 2. The van der Waals surface area contributed by atoms with Crippen LogP contribution in [0.1, 0.15) is 32.8 Å². The maximum atomic E-state index is 12.3. The third-order valence-corrected chi connectivity index (χ3v) is 4.95. The van der Waals surface area contributed by atoms with E-state index in [1.165, 1.54) is 11.7 Å². The lowest BCUT2D eigenvalue weighted by molar-refractivity contribution is -0.148. The molecule has 1 saturated carbocycles. The molecule has 3 rings (SSSR count). The standard InChI is InChI=1S/C22H27NO6/c1-21(2,3)29-20(26)23-10-9-16-11-15(6-8-18(16)23)5-7-17-12-22(17,19(24)25)13-28-14-27-4/h5-11,17H,12-14H2,1-4H3,(H,24,25)/b7-5+. The number of fused-ring (bicyclic) bond motifs is 1. The second-order valence-electron chi connectivity index (χ2n) is 8.37. The highest BCUT2D eigenvalue weighted by atomic mass is 16.7. The molecule has 1 heterocycles. The highest BCUT2D eigenvalue weighted by Crippen LogP contribution is 2.54. The molecule has 0 saturated heterocycles. The molecule has 2 atom stereocenters. The Morgan fingerprint density at radius 3 is 2.72 bits per heavy atom. The first-order chi connectivity index (χ1) is 13.7. The molecule has 7 heteroatoms. The van der Waals surface area contributed by atoms with Crippen molar-refractivity contribution in [3.05, 3.63) is 42.1 Å². The van der Waals surface area contributed by atoms with E-state index in [1.807, 2.05) is 57.2 Å². The zero-order valence-corrected chi connectivity index (χ0v) is 17.2. The fourth-order valence-electron chi connectivity index (χ4n) is 3.33. The molecular formula is C22H27NO6. The Kier molecular flexibility index (Phi) is 5.82. The van der Waals surface area contributed by atoms with E-state index in [1.54, 1.807) is 6.20 Å². The largest absolute Gasteiger partial charge is 0.481 e. The van der Waals surface area contributed by atoms with Crippen molar-refractivity contribution in [1.82, 2.24) is 4.57 Å². The van der Waals surface area contributed by atoms with Crippen LogP contribution in [0.5, 0.6) is 0 Å². The summed E-state index contributed by atoms with van der Waals surface area (Å²) in [6.07, 6.45) is 5.64. The monoisotopic (exact) mass is 401 g/mol. The van der Waals surface area contributed by atoms with Crippen LogP contribution in [0.2, 0.25) is 0 Å². The van der Waals surface area contributed by atoms with E-state index in [0.717, 1.165) is 16.5 Å². The average Bonchev–Trinajstić information content (AvgIpc) is 3.18. The number of methoxy groups -OCH3 is 1. The number of aliphatic carboxylic acids is 1. The molecule has 1 aromatic carbocycles. The van der Waals surface area contributed by atoms with Crippen molar-refractivity contribution >= 4 is 29.0 Å². The van der Waals surface area contributed by atoms with Gasteiger partial charge >= 0.3 is 12.1 Å². The quantitative estimate of drug-likeness (QED) is 0.554. The van der Waals surface area contributed by atoms with Gasteiger partial charge in [-0.15, -0.1) is 0 Å². The van der Waals surface area contributed by atoms with Gasteiger partial charge < -0.3 is 19.3 Å². The van der Waals surface area contributed by atoms with E-state index in [0.29, 0.717) is 6.42 Å². The normalized spacial score (nSPS) is 21.6. The fourth-order valence-corrected chi connectivity index (χ4v) is 3.33. The van der Waals surface area contributed by atoms with Crippen LogP contribution in [0.3, 0.4) is 0 Å². The molecule has 1 fully saturated rings. The van der Waals surface area contributed by atoms with Gasteiger partial charge in [0.15, 0.2) is 0 Å². The molecule has 0 spiro atoms. The molecule has 7 nitrogen and oxygen atoms in total. The van der Waals surface area contributed by atoms with Crippen LogP contribution in [0, 0.1) is 11.3 Å². The van der Waals surface area contributed by atoms with Crippen LogP contribution >= 0.6 is 0 Å². The topological polar surface area (TPSA) is 87.0 Å². The Morgan fingerprint density at radius 1 is 1.31 bits per heavy atom. The molecular weight excluding hydrogens is 374 g/mol. The number of allylic oxidation sites excluding steroid dienone is 1. The second kappa shape index (κ2) is 8.00. The van der Waals surface area contributed by atoms with Gasteiger partial charge in [-0.05, 0) is 56.9 Å². The van der Waals surface area contributed by atoms with Gasteiger partial charge in [0.05, 0.1) is 17.5 Å². The highest BCUT2D eigenvalue weighted by molar-refractivity contribution is 5.90. The van der Waals surface area contributed by atoms with E-state index < -0.39 is 23.1 Å². The van der Waals surface area contributed by atoms with Crippen molar-refractivity contribution in [2.24, 2.45) is 11.3 Å². The number of ether oxygens (including phenoxy) is 3. The number of carbonyl (C=O) groups excluding carboxylic acids is 1. The van der Waals surface area contributed by atoms with Crippen molar-refractivity contribution in [2.45, 2.75) is 32.8 Å². The Labute approximate surface area is 169 Å². The van der Waals surface area contributed by atoms with Crippen molar-refractivity contribution < 1.29 is 28.9 Å². The molecule has 0 amide bonds. The maximum absolute atomic E-state index is 12.3. The summed E-state index contributed by atoms with van der Waals surface area (Å²) < 4.78 is 17.0. The van der Waals surface area contributed by atoms with Gasteiger partial charge in [0.1, 0.15) is 12.4 Å². The van der Waals surface area contributed by atoms with Gasteiger partial charge in [0.25, 0.3) is 0 Å². The Bertz CT molecular complexity index is 938. The molecule has 0 bridgehead atoms. The van der Waals surface area contributed by atoms with E-state index in [2.05, 4.69) is 0 Å². The summed E-state index contributed by atoms with van der Waals surface area (Å²) in [5.74, 6) is -0.938. The Morgan fingerprint density at radius 2 is 2.07 bits per heavy atom. The Hall–Kier alpha value is -2.64. The number of benzene rings is 1. The number of rotatable bonds is 7.